The number of alkyl halides is 5. The van der Waals surface area contributed by atoms with Gasteiger partial charge in [-0.25, -0.2) is 13.8 Å². The molecule has 9 heteroatoms. The second-order valence-corrected chi connectivity index (χ2v) is 3.40. The van der Waals surface area contributed by atoms with E-state index in [2.05, 4.69) is 9.72 Å². The predicted octanol–water partition coefficient (Wildman–Crippen LogP) is 3.64. The molecule has 0 saturated heterocycles. The standard InChI is InChI=1S/C9H4ClF5N2O/c10-5-3-4(1-2-16)17-8(6(5)7(11)12)18-9(13,14)15/h3,7H,1H2. The molecule has 1 aromatic rings. The van der Waals surface area contributed by atoms with Crippen LogP contribution < -0.4 is 4.74 Å². The highest BCUT2D eigenvalue weighted by atomic mass is 35.5. The van der Waals surface area contributed by atoms with E-state index in [4.69, 9.17) is 16.9 Å². The quantitative estimate of drug-likeness (QED) is 0.797. The SMILES string of the molecule is N#CCc1cc(Cl)c(C(F)F)c(OC(F)(F)F)n1. The first-order valence-electron chi connectivity index (χ1n) is 4.34. The van der Waals surface area contributed by atoms with Gasteiger partial charge in [0.25, 0.3) is 6.43 Å². The molecule has 0 unspecified atom stereocenters. The molecule has 1 aromatic heterocycles. The van der Waals surface area contributed by atoms with Crippen molar-refractivity contribution in [1.29, 1.82) is 5.26 Å². The molecule has 18 heavy (non-hydrogen) atoms. The zero-order chi connectivity index (χ0) is 13.9. The lowest BCUT2D eigenvalue weighted by molar-refractivity contribution is -0.276. The van der Waals surface area contributed by atoms with E-state index >= 15 is 0 Å². The maximum atomic E-state index is 12.5. The van der Waals surface area contributed by atoms with Crippen molar-refractivity contribution in [3.8, 4) is 11.9 Å². The number of halogens is 6. The van der Waals surface area contributed by atoms with Gasteiger partial charge in [0.05, 0.1) is 28.8 Å². The van der Waals surface area contributed by atoms with Gasteiger partial charge in [0, 0.05) is 0 Å². The largest absolute Gasteiger partial charge is 0.574 e. The summed E-state index contributed by atoms with van der Waals surface area (Å²) >= 11 is 5.42. The van der Waals surface area contributed by atoms with Crippen LogP contribution >= 0.6 is 11.6 Å². The molecule has 1 rings (SSSR count). The van der Waals surface area contributed by atoms with Gasteiger partial charge < -0.3 is 4.74 Å². The molecule has 0 aliphatic rings. The van der Waals surface area contributed by atoms with Crippen molar-refractivity contribution in [3.63, 3.8) is 0 Å². The Morgan fingerprint density at radius 2 is 2.06 bits per heavy atom. The van der Waals surface area contributed by atoms with E-state index in [9.17, 15) is 22.0 Å². The van der Waals surface area contributed by atoms with Gasteiger partial charge in [-0.15, -0.1) is 13.2 Å². The zero-order valence-electron chi connectivity index (χ0n) is 8.43. The van der Waals surface area contributed by atoms with Crippen molar-refractivity contribution in [2.24, 2.45) is 0 Å². The molecule has 0 bridgehead atoms. The Morgan fingerprint density at radius 3 is 2.50 bits per heavy atom. The normalized spacial score (nSPS) is 11.4. The van der Waals surface area contributed by atoms with Crippen molar-refractivity contribution in [2.45, 2.75) is 19.2 Å². The topological polar surface area (TPSA) is 45.9 Å². The van der Waals surface area contributed by atoms with Crippen LogP contribution in [0.25, 0.3) is 0 Å². The van der Waals surface area contributed by atoms with E-state index in [1.807, 2.05) is 0 Å². The number of hydrogen-bond acceptors (Lipinski definition) is 3. The van der Waals surface area contributed by atoms with E-state index < -0.39 is 29.3 Å². The van der Waals surface area contributed by atoms with Crippen molar-refractivity contribution >= 4 is 11.6 Å². The summed E-state index contributed by atoms with van der Waals surface area (Å²) in [6, 6.07) is 2.50. The third-order valence-electron chi connectivity index (χ3n) is 1.72. The van der Waals surface area contributed by atoms with Crippen LogP contribution in [0, 0.1) is 11.3 Å². The highest BCUT2D eigenvalue weighted by Crippen LogP contribution is 2.36. The first-order valence-corrected chi connectivity index (χ1v) is 4.72. The van der Waals surface area contributed by atoms with Crippen molar-refractivity contribution in [2.75, 3.05) is 0 Å². The Kier molecular flexibility index (Phi) is 4.29. The molecule has 0 aliphatic heterocycles. The second-order valence-electron chi connectivity index (χ2n) is 3.00. The lowest BCUT2D eigenvalue weighted by Crippen LogP contribution is -2.19. The summed E-state index contributed by atoms with van der Waals surface area (Å²) < 4.78 is 64.5. The summed E-state index contributed by atoms with van der Waals surface area (Å²) in [4.78, 5) is 3.20. The molecule has 0 fully saturated rings. The molecule has 0 amide bonds. The number of aromatic nitrogens is 1. The Morgan fingerprint density at radius 1 is 1.44 bits per heavy atom. The summed E-state index contributed by atoms with van der Waals surface area (Å²) in [6.45, 7) is 0. The molecule has 0 spiro atoms. The van der Waals surface area contributed by atoms with Crippen LogP contribution in [0.5, 0.6) is 5.88 Å². The maximum absolute atomic E-state index is 12.5. The van der Waals surface area contributed by atoms with Crippen LogP contribution in [0.1, 0.15) is 17.7 Å². The fourth-order valence-corrected chi connectivity index (χ4v) is 1.39. The van der Waals surface area contributed by atoms with Gasteiger partial charge in [0.1, 0.15) is 0 Å². The first kappa shape index (κ1) is 14.4. The summed E-state index contributed by atoms with van der Waals surface area (Å²) in [5.41, 5.74) is -1.35. The molecule has 1 heterocycles. The molecule has 3 nitrogen and oxygen atoms in total. The van der Waals surface area contributed by atoms with E-state index in [0.717, 1.165) is 6.07 Å². The molecule has 0 radical (unpaired) electrons. The summed E-state index contributed by atoms with van der Waals surface area (Å²) in [5, 5.41) is 7.73. The summed E-state index contributed by atoms with van der Waals surface area (Å²) in [7, 11) is 0. The van der Waals surface area contributed by atoms with Gasteiger partial charge in [0.15, 0.2) is 0 Å². The Balaban J connectivity index is 3.29. The van der Waals surface area contributed by atoms with Crippen LogP contribution in [0.2, 0.25) is 5.02 Å². The van der Waals surface area contributed by atoms with E-state index in [1.54, 1.807) is 6.07 Å². The molecule has 98 valence electrons. The smallest absolute Gasteiger partial charge is 0.387 e. The lowest BCUT2D eigenvalue weighted by Gasteiger charge is -2.13. The minimum atomic E-state index is -5.18. The minimum Gasteiger partial charge on any atom is -0.387 e. The molecule has 0 N–H and O–H groups in total. The molecule has 0 aliphatic carbocycles. The Labute approximate surface area is 103 Å². The number of pyridine rings is 1. The first-order chi connectivity index (χ1) is 8.24. The average Bonchev–Trinajstić information content (AvgIpc) is 2.13. The number of ether oxygens (including phenoxy) is 1. The third kappa shape index (κ3) is 3.70. The van der Waals surface area contributed by atoms with Crippen LogP contribution in [0.3, 0.4) is 0 Å². The number of hydrogen-bond donors (Lipinski definition) is 0. The van der Waals surface area contributed by atoms with E-state index in [-0.39, 0.29) is 12.1 Å². The van der Waals surface area contributed by atoms with Crippen LogP contribution in [0.4, 0.5) is 22.0 Å². The van der Waals surface area contributed by atoms with Crippen molar-refractivity contribution in [1.82, 2.24) is 4.98 Å². The molecular weight excluding hydrogens is 283 g/mol. The van der Waals surface area contributed by atoms with Gasteiger partial charge in [-0.3, -0.25) is 0 Å². The fourth-order valence-electron chi connectivity index (χ4n) is 1.11. The molecule has 0 atom stereocenters. The average molecular weight is 287 g/mol. The molecule has 0 aromatic carbocycles. The minimum absolute atomic E-state index is 0.189. The zero-order valence-corrected chi connectivity index (χ0v) is 9.19. The van der Waals surface area contributed by atoms with E-state index in [1.165, 1.54) is 0 Å². The van der Waals surface area contributed by atoms with Gasteiger partial charge in [-0.2, -0.15) is 5.26 Å². The van der Waals surface area contributed by atoms with Crippen molar-refractivity contribution in [3.05, 3.63) is 22.3 Å². The number of rotatable bonds is 3. The second kappa shape index (κ2) is 5.35. The number of nitriles is 1. The van der Waals surface area contributed by atoms with Crippen LogP contribution in [-0.4, -0.2) is 11.3 Å². The van der Waals surface area contributed by atoms with Crippen molar-refractivity contribution < 1.29 is 26.7 Å². The lowest BCUT2D eigenvalue weighted by atomic mass is 10.2. The Hall–Kier alpha value is -1.62. The molecule has 0 saturated carbocycles. The van der Waals surface area contributed by atoms with Crippen LogP contribution in [-0.2, 0) is 6.42 Å². The van der Waals surface area contributed by atoms with Gasteiger partial charge in [-0.05, 0) is 6.07 Å². The van der Waals surface area contributed by atoms with Crippen LogP contribution in [0.15, 0.2) is 6.07 Å². The monoisotopic (exact) mass is 286 g/mol. The highest BCUT2D eigenvalue weighted by molar-refractivity contribution is 6.31. The predicted molar refractivity (Wildman–Crippen MR) is 50.2 cm³/mol. The molecular formula is C9H4ClF5N2O. The third-order valence-corrected chi connectivity index (χ3v) is 2.03. The summed E-state index contributed by atoms with van der Waals surface area (Å²) in [5.74, 6) is -1.34. The van der Waals surface area contributed by atoms with E-state index in [0.29, 0.717) is 0 Å². The fraction of sp³-hybridized carbons (Fsp3) is 0.333. The Bertz CT molecular complexity index is 483. The number of nitrogens with zero attached hydrogens (tertiary/aromatic N) is 2. The van der Waals surface area contributed by atoms with Gasteiger partial charge in [-0.1, -0.05) is 11.6 Å². The maximum Gasteiger partial charge on any atom is 0.574 e. The van der Waals surface area contributed by atoms with Gasteiger partial charge in [0.2, 0.25) is 5.88 Å². The highest BCUT2D eigenvalue weighted by Gasteiger charge is 2.35. The van der Waals surface area contributed by atoms with Gasteiger partial charge >= 0.3 is 6.36 Å². The summed E-state index contributed by atoms with van der Waals surface area (Å²) in [6.07, 6.45) is -8.83.